The summed E-state index contributed by atoms with van der Waals surface area (Å²) in [4.78, 5) is 0. The Kier molecular flexibility index (Phi) is 2.91. The Morgan fingerprint density at radius 1 is 1.26 bits per heavy atom. The number of fused-ring (bicyclic) bond motifs is 1. The number of anilines is 1. The third-order valence-electron chi connectivity index (χ3n) is 3.20. The zero-order valence-corrected chi connectivity index (χ0v) is 10.6. The molecular weight excluding hydrogens is 241 g/mol. The molecule has 0 saturated carbocycles. The van der Waals surface area contributed by atoms with Gasteiger partial charge in [0.05, 0.1) is 17.4 Å². The van der Waals surface area contributed by atoms with E-state index >= 15 is 0 Å². The van der Waals surface area contributed by atoms with Gasteiger partial charge in [0.2, 0.25) is 0 Å². The molecule has 3 nitrogen and oxygen atoms in total. The highest BCUT2D eigenvalue weighted by Gasteiger charge is 2.03. The van der Waals surface area contributed by atoms with Gasteiger partial charge in [0, 0.05) is 11.9 Å². The average molecular weight is 255 g/mol. The van der Waals surface area contributed by atoms with Gasteiger partial charge in [-0.05, 0) is 30.2 Å². The molecular formula is C15H14FN3. The first kappa shape index (κ1) is 11.7. The van der Waals surface area contributed by atoms with E-state index in [4.69, 9.17) is 0 Å². The molecule has 3 aromatic rings. The first-order chi connectivity index (χ1) is 9.24. The van der Waals surface area contributed by atoms with Crippen LogP contribution in [0.25, 0.3) is 10.9 Å². The van der Waals surface area contributed by atoms with Gasteiger partial charge in [0.25, 0.3) is 0 Å². The molecule has 0 aliphatic heterocycles. The van der Waals surface area contributed by atoms with E-state index in [0.717, 1.165) is 22.2 Å². The third kappa shape index (κ3) is 2.29. The Labute approximate surface area is 110 Å². The van der Waals surface area contributed by atoms with E-state index in [1.165, 1.54) is 0 Å². The van der Waals surface area contributed by atoms with E-state index in [1.54, 1.807) is 25.3 Å². The van der Waals surface area contributed by atoms with Crippen molar-refractivity contribution in [3.63, 3.8) is 0 Å². The lowest BCUT2D eigenvalue weighted by molar-refractivity contribution is 0.616. The number of benzene rings is 2. The summed E-state index contributed by atoms with van der Waals surface area (Å²) in [7, 11) is 0. The maximum Gasteiger partial charge on any atom is 0.126 e. The largest absolute Gasteiger partial charge is 0.379 e. The molecule has 1 heterocycles. The topological polar surface area (TPSA) is 40.7 Å². The second kappa shape index (κ2) is 4.72. The lowest BCUT2D eigenvalue weighted by atomic mass is 10.1. The van der Waals surface area contributed by atoms with E-state index in [0.29, 0.717) is 12.1 Å². The zero-order chi connectivity index (χ0) is 13.2. The van der Waals surface area contributed by atoms with Crippen LogP contribution in [-0.4, -0.2) is 10.2 Å². The summed E-state index contributed by atoms with van der Waals surface area (Å²) >= 11 is 0. The molecule has 0 radical (unpaired) electrons. The van der Waals surface area contributed by atoms with Crippen molar-refractivity contribution in [2.75, 3.05) is 5.32 Å². The number of rotatable bonds is 3. The van der Waals surface area contributed by atoms with Crippen LogP contribution in [-0.2, 0) is 6.54 Å². The number of nitrogens with one attached hydrogen (secondary N) is 2. The van der Waals surface area contributed by atoms with Crippen LogP contribution in [0.3, 0.4) is 0 Å². The maximum absolute atomic E-state index is 13.5. The van der Waals surface area contributed by atoms with Crippen LogP contribution in [0.1, 0.15) is 11.1 Å². The van der Waals surface area contributed by atoms with Crippen molar-refractivity contribution in [3.05, 3.63) is 59.5 Å². The molecule has 3 rings (SSSR count). The third-order valence-corrected chi connectivity index (χ3v) is 3.20. The summed E-state index contributed by atoms with van der Waals surface area (Å²) in [5.41, 5.74) is 3.52. The fourth-order valence-corrected chi connectivity index (χ4v) is 2.06. The summed E-state index contributed by atoms with van der Waals surface area (Å²) in [6, 6.07) is 11.2. The molecule has 96 valence electrons. The van der Waals surface area contributed by atoms with Gasteiger partial charge < -0.3 is 5.32 Å². The Hall–Kier alpha value is -2.36. The Bertz CT molecular complexity index is 718. The predicted octanol–water partition coefficient (Wildman–Crippen LogP) is 3.62. The average Bonchev–Trinajstić information content (AvgIpc) is 2.89. The molecule has 0 unspecified atom stereocenters. The van der Waals surface area contributed by atoms with Gasteiger partial charge in [-0.2, -0.15) is 5.10 Å². The minimum absolute atomic E-state index is 0.168. The van der Waals surface area contributed by atoms with Crippen molar-refractivity contribution in [3.8, 4) is 0 Å². The number of aromatic amines is 1. The number of para-hydroxylation sites is 1. The number of aryl methyl sites for hydroxylation is 1. The van der Waals surface area contributed by atoms with E-state index < -0.39 is 0 Å². The van der Waals surface area contributed by atoms with Gasteiger partial charge in [0.15, 0.2) is 0 Å². The van der Waals surface area contributed by atoms with Gasteiger partial charge in [-0.15, -0.1) is 0 Å². The summed E-state index contributed by atoms with van der Waals surface area (Å²) in [5, 5.41) is 11.3. The molecule has 1 aromatic heterocycles. The van der Waals surface area contributed by atoms with Crippen LogP contribution in [0, 0.1) is 12.7 Å². The maximum atomic E-state index is 13.5. The van der Waals surface area contributed by atoms with Crippen LogP contribution in [0.15, 0.2) is 42.6 Å². The molecule has 0 aliphatic rings. The Morgan fingerprint density at radius 3 is 3.00 bits per heavy atom. The molecule has 0 bridgehead atoms. The molecule has 2 aromatic carbocycles. The number of nitrogens with zero attached hydrogens (tertiary/aromatic N) is 1. The van der Waals surface area contributed by atoms with Gasteiger partial charge in [-0.3, -0.25) is 5.10 Å². The van der Waals surface area contributed by atoms with Crippen LogP contribution < -0.4 is 5.32 Å². The molecule has 0 atom stereocenters. The number of hydrogen-bond acceptors (Lipinski definition) is 2. The molecule has 0 fully saturated rings. The molecule has 2 N–H and O–H groups in total. The monoisotopic (exact) mass is 255 g/mol. The zero-order valence-electron chi connectivity index (χ0n) is 10.6. The highest BCUT2D eigenvalue weighted by Crippen LogP contribution is 2.21. The van der Waals surface area contributed by atoms with E-state index in [9.17, 15) is 4.39 Å². The highest BCUT2D eigenvalue weighted by molar-refractivity contribution is 5.89. The lowest BCUT2D eigenvalue weighted by Gasteiger charge is -2.08. The predicted molar refractivity (Wildman–Crippen MR) is 74.6 cm³/mol. The molecule has 0 saturated heterocycles. The van der Waals surface area contributed by atoms with Crippen molar-refractivity contribution in [2.24, 2.45) is 0 Å². The Balaban J connectivity index is 1.82. The normalized spacial score (nSPS) is 10.8. The molecule has 0 spiro atoms. The number of H-pyrrole nitrogens is 1. The fraction of sp³-hybridized carbons (Fsp3) is 0.133. The van der Waals surface area contributed by atoms with Gasteiger partial charge in [-0.1, -0.05) is 24.3 Å². The van der Waals surface area contributed by atoms with E-state index in [2.05, 4.69) is 15.5 Å². The minimum Gasteiger partial charge on any atom is -0.379 e. The van der Waals surface area contributed by atoms with Gasteiger partial charge >= 0.3 is 0 Å². The molecule has 0 aliphatic carbocycles. The first-order valence-corrected chi connectivity index (χ1v) is 6.15. The van der Waals surface area contributed by atoms with Crippen LogP contribution in [0.5, 0.6) is 0 Å². The smallest absolute Gasteiger partial charge is 0.126 e. The molecule has 4 heteroatoms. The van der Waals surface area contributed by atoms with E-state index in [-0.39, 0.29) is 5.82 Å². The van der Waals surface area contributed by atoms with Crippen molar-refractivity contribution in [2.45, 2.75) is 13.5 Å². The quantitative estimate of drug-likeness (QED) is 0.750. The fourth-order valence-electron chi connectivity index (χ4n) is 2.06. The van der Waals surface area contributed by atoms with Crippen LogP contribution in [0.4, 0.5) is 10.1 Å². The van der Waals surface area contributed by atoms with Crippen LogP contribution in [0.2, 0.25) is 0 Å². The molecule has 0 amide bonds. The van der Waals surface area contributed by atoms with Crippen molar-refractivity contribution in [1.82, 2.24) is 10.2 Å². The molecule has 19 heavy (non-hydrogen) atoms. The van der Waals surface area contributed by atoms with Crippen LogP contribution >= 0.6 is 0 Å². The number of aromatic nitrogens is 2. The standard InChI is InChI=1S/C15H14FN3/c1-10-5-6-11(7-13(10)16)8-17-14-4-2-3-12-9-18-19-15(12)14/h2-7,9,17H,8H2,1H3,(H,18,19). The number of halogens is 1. The Morgan fingerprint density at radius 2 is 2.16 bits per heavy atom. The van der Waals surface area contributed by atoms with Gasteiger partial charge in [-0.25, -0.2) is 4.39 Å². The van der Waals surface area contributed by atoms with Crippen molar-refractivity contribution in [1.29, 1.82) is 0 Å². The SMILES string of the molecule is Cc1ccc(CNc2cccc3cn[nH]c23)cc1F. The summed E-state index contributed by atoms with van der Waals surface area (Å²) in [6.07, 6.45) is 1.78. The minimum atomic E-state index is -0.168. The number of hydrogen-bond donors (Lipinski definition) is 2. The highest BCUT2D eigenvalue weighted by atomic mass is 19.1. The second-order valence-corrected chi connectivity index (χ2v) is 4.58. The van der Waals surface area contributed by atoms with Crippen molar-refractivity contribution >= 4 is 16.6 Å². The van der Waals surface area contributed by atoms with E-state index in [1.807, 2.05) is 24.3 Å². The lowest BCUT2D eigenvalue weighted by Crippen LogP contribution is -2.00. The first-order valence-electron chi connectivity index (χ1n) is 6.15. The van der Waals surface area contributed by atoms with Crippen molar-refractivity contribution < 1.29 is 4.39 Å². The van der Waals surface area contributed by atoms with Gasteiger partial charge in [0.1, 0.15) is 5.82 Å². The summed E-state index contributed by atoms with van der Waals surface area (Å²) < 4.78 is 13.5. The second-order valence-electron chi connectivity index (χ2n) is 4.58. The summed E-state index contributed by atoms with van der Waals surface area (Å²) in [6.45, 7) is 2.34. The summed E-state index contributed by atoms with van der Waals surface area (Å²) in [5.74, 6) is -0.168.